The fourth-order valence-electron chi connectivity index (χ4n) is 1.37. The van der Waals surface area contributed by atoms with Gasteiger partial charge in [0.2, 0.25) is 0 Å². The van der Waals surface area contributed by atoms with Crippen molar-refractivity contribution < 1.29 is 13.2 Å². The van der Waals surface area contributed by atoms with E-state index in [-0.39, 0.29) is 10.7 Å². The number of amidine groups is 1. The molecule has 0 unspecified atom stereocenters. The van der Waals surface area contributed by atoms with Gasteiger partial charge in [-0.1, -0.05) is 6.07 Å². The average Bonchev–Trinajstić information content (AvgIpc) is 2.38. The molecule has 0 aliphatic carbocycles. The summed E-state index contributed by atoms with van der Waals surface area (Å²) in [6.07, 6.45) is 0. The molecule has 74 valence electrons. The SMILES string of the molecule is COc1cccc2c1C(N)=NS2(=O)=O. The van der Waals surface area contributed by atoms with Crippen LogP contribution in [-0.4, -0.2) is 21.4 Å². The molecule has 1 aromatic rings. The van der Waals surface area contributed by atoms with E-state index >= 15 is 0 Å². The Bertz CT molecular complexity index is 519. The van der Waals surface area contributed by atoms with Crippen LogP contribution < -0.4 is 10.5 Å². The lowest BCUT2D eigenvalue weighted by atomic mass is 10.2. The van der Waals surface area contributed by atoms with Crippen molar-refractivity contribution >= 4 is 15.9 Å². The maximum Gasteiger partial charge on any atom is 0.285 e. The summed E-state index contributed by atoms with van der Waals surface area (Å²) in [7, 11) is -2.15. The van der Waals surface area contributed by atoms with Gasteiger partial charge < -0.3 is 10.5 Å². The second kappa shape index (κ2) is 2.71. The van der Waals surface area contributed by atoms with Crippen LogP contribution in [0.25, 0.3) is 0 Å². The maximum absolute atomic E-state index is 11.4. The highest BCUT2D eigenvalue weighted by atomic mass is 32.2. The van der Waals surface area contributed by atoms with Crippen LogP contribution in [0.3, 0.4) is 0 Å². The van der Waals surface area contributed by atoms with Gasteiger partial charge >= 0.3 is 0 Å². The van der Waals surface area contributed by atoms with E-state index in [0.29, 0.717) is 11.3 Å². The summed E-state index contributed by atoms with van der Waals surface area (Å²) < 4.78 is 31.2. The van der Waals surface area contributed by atoms with Crippen LogP contribution >= 0.6 is 0 Å². The number of nitrogens with zero attached hydrogens (tertiary/aromatic N) is 1. The van der Waals surface area contributed by atoms with Crippen molar-refractivity contribution in [1.29, 1.82) is 0 Å². The van der Waals surface area contributed by atoms with Crippen LogP contribution in [0.4, 0.5) is 0 Å². The summed E-state index contributed by atoms with van der Waals surface area (Å²) in [5.41, 5.74) is 5.85. The number of ether oxygens (including phenoxy) is 1. The van der Waals surface area contributed by atoms with Gasteiger partial charge in [-0.25, -0.2) is 0 Å². The normalized spacial score (nSPS) is 17.4. The first-order valence-electron chi connectivity index (χ1n) is 3.84. The van der Waals surface area contributed by atoms with E-state index in [1.54, 1.807) is 12.1 Å². The molecular formula is C8H8N2O3S. The second-order valence-corrected chi connectivity index (χ2v) is 4.36. The molecule has 0 amide bonds. The highest BCUT2D eigenvalue weighted by Crippen LogP contribution is 2.31. The minimum absolute atomic E-state index is 0.0162. The van der Waals surface area contributed by atoms with Gasteiger partial charge in [0, 0.05) is 0 Å². The van der Waals surface area contributed by atoms with Crippen molar-refractivity contribution in [2.45, 2.75) is 4.90 Å². The van der Waals surface area contributed by atoms with Crippen molar-refractivity contribution in [3.8, 4) is 5.75 Å². The third-order valence-electron chi connectivity index (χ3n) is 1.96. The van der Waals surface area contributed by atoms with E-state index in [1.807, 2.05) is 0 Å². The first-order valence-corrected chi connectivity index (χ1v) is 5.28. The van der Waals surface area contributed by atoms with Crippen LogP contribution in [0.2, 0.25) is 0 Å². The molecule has 1 aromatic carbocycles. The first-order chi connectivity index (χ1) is 6.56. The quantitative estimate of drug-likeness (QED) is 0.716. The molecule has 0 radical (unpaired) electrons. The zero-order valence-corrected chi connectivity index (χ0v) is 8.21. The highest BCUT2D eigenvalue weighted by molar-refractivity contribution is 7.90. The average molecular weight is 212 g/mol. The monoisotopic (exact) mass is 212 g/mol. The Morgan fingerprint density at radius 1 is 1.43 bits per heavy atom. The molecule has 0 spiro atoms. The molecule has 1 heterocycles. The summed E-state index contributed by atoms with van der Waals surface area (Å²) in [6, 6.07) is 4.68. The number of nitrogens with two attached hydrogens (primary N) is 1. The molecular weight excluding hydrogens is 204 g/mol. The van der Waals surface area contributed by atoms with Crippen molar-refractivity contribution in [3.63, 3.8) is 0 Å². The summed E-state index contributed by atoms with van der Waals surface area (Å²) >= 11 is 0. The zero-order chi connectivity index (χ0) is 10.3. The number of sulfonamides is 1. The molecule has 14 heavy (non-hydrogen) atoms. The van der Waals surface area contributed by atoms with E-state index in [9.17, 15) is 8.42 Å². The molecule has 0 saturated carbocycles. The Morgan fingerprint density at radius 2 is 2.14 bits per heavy atom. The Kier molecular flexibility index (Phi) is 1.75. The van der Waals surface area contributed by atoms with Gasteiger partial charge in [-0.2, -0.15) is 8.42 Å². The molecule has 5 nitrogen and oxygen atoms in total. The summed E-state index contributed by atoms with van der Waals surface area (Å²) in [6.45, 7) is 0. The van der Waals surface area contributed by atoms with Gasteiger partial charge in [0.1, 0.15) is 16.5 Å². The topological polar surface area (TPSA) is 81.8 Å². The number of methoxy groups -OCH3 is 1. The Labute approximate surface area is 81.3 Å². The number of benzene rings is 1. The highest BCUT2D eigenvalue weighted by Gasteiger charge is 2.29. The lowest BCUT2D eigenvalue weighted by Crippen LogP contribution is -2.11. The van der Waals surface area contributed by atoms with Crippen LogP contribution in [0.15, 0.2) is 27.5 Å². The van der Waals surface area contributed by atoms with Crippen molar-refractivity contribution in [3.05, 3.63) is 23.8 Å². The Morgan fingerprint density at radius 3 is 2.79 bits per heavy atom. The minimum atomic E-state index is -3.60. The minimum Gasteiger partial charge on any atom is -0.496 e. The molecule has 6 heteroatoms. The lowest BCUT2D eigenvalue weighted by molar-refractivity contribution is 0.412. The van der Waals surface area contributed by atoms with Crippen molar-refractivity contribution in [1.82, 2.24) is 0 Å². The van der Waals surface area contributed by atoms with Crippen molar-refractivity contribution in [2.24, 2.45) is 10.1 Å². The van der Waals surface area contributed by atoms with E-state index < -0.39 is 10.0 Å². The van der Waals surface area contributed by atoms with E-state index in [0.717, 1.165) is 0 Å². The van der Waals surface area contributed by atoms with Crippen LogP contribution in [0, 0.1) is 0 Å². The van der Waals surface area contributed by atoms with Gasteiger partial charge in [-0.05, 0) is 12.1 Å². The summed E-state index contributed by atoms with van der Waals surface area (Å²) in [4.78, 5) is 0.106. The molecule has 1 aliphatic rings. The molecule has 0 bridgehead atoms. The molecule has 0 saturated heterocycles. The van der Waals surface area contributed by atoms with E-state index in [4.69, 9.17) is 10.5 Å². The summed E-state index contributed by atoms with van der Waals surface area (Å²) in [5.74, 6) is 0.405. The van der Waals surface area contributed by atoms with Gasteiger partial charge in [-0.15, -0.1) is 4.40 Å². The van der Waals surface area contributed by atoms with Crippen molar-refractivity contribution in [2.75, 3.05) is 7.11 Å². The third kappa shape index (κ3) is 1.07. The standard InChI is InChI=1S/C8H8N2O3S/c1-13-5-3-2-4-6-7(5)8(9)10-14(6,11)12/h2-4H,1H3,(H2,9,10). The second-order valence-electron chi connectivity index (χ2n) is 2.79. The van der Waals surface area contributed by atoms with Gasteiger partial charge in [0.15, 0.2) is 0 Å². The molecule has 2 N–H and O–H groups in total. The van der Waals surface area contributed by atoms with Crippen LogP contribution in [0.1, 0.15) is 5.56 Å². The van der Waals surface area contributed by atoms with Gasteiger partial charge in [0.25, 0.3) is 10.0 Å². The Balaban J connectivity index is 2.82. The molecule has 0 atom stereocenters. The number of fused-ring (bicyclic) bond motifs is 1. The lowest BCUT2D eigenvalue weighted by Gasteiger charge is -2.04. The fraction of sp³-hybridized carbons (Fsp3) is 0.125. The van der Waals surface area contributed by atoms with E-state index in [1.165, 1.54) is 13.2 Å². The fourth-order valence-corrected chi connectivity index (χ4v) is 2.54. The molecule has 0 fully saturated rings. The first kappa shape index (κ1) is 9.01. The summed E-state index contributed by atoms with van der Waals surface area (Å²) in [5, 5.41) is 0. The number of hydrogen-bond acceptors (Lipinski definition) is 4. The predicted octanol–water partition coefficient (Wildman–Crippen LogP) is 0.103. The number of rotatable bonds is 1. The smallest absolute Gasteiger partial charge is 0.285 e. The Hall–Kier alpha value is -1.56. The maximum atomic E-state index is 11.4. The van der Waals surface area contributed by atoms with Crippen LogP contribution in [0.5, 0.6) is 5.75 Å². The molecule has 0 aromatic heterocycles. The van der Waals surface area contributed by atoms with Crippen LogP contribution in [-0.2, 0) is 10.0 Å². The number of hydrogen-bond donors (Lipinski definition) is 1. The van der Waals surface area contributed by atoms with Gasteiger partial charge in [-0.3, -0.25) is 0 Å². The largest absolute Gasteiger partial charge is 0.496 e. The van der Waals surface area contributed by atoms with Gasteiger partial charge in [0.05, 0.1) is 12.7 Å². The third-order valence-corrected chi connectivity index (χ3v) is 3.29. The molecule has 1 aliphatic heterocycles. The molecule has 2 rings (SSSR count). The van der Waals surface area contributed by atoms with E-state index in [2.05, 4.69) is 4.40 Å². The predicted molar refractivity (Wildman–Crippen MR) is 50.9 cm³/mol. The zero-order valence-electron chi connectivity index (χ0n) is 7.39.